The smallest absolute Gasteiger partial charge is 0.241 e. The van der Waals surface area contributed by atoms with Crippen molar-refractivity contribution in [3.63, 3.8) is 0 Å². The number of likely N-dealkylation sites (N-methyl/N-ethyl adjacent to an activating group) is 1. The van der Waals surface area contributed by atoms with Crippen LogP contribution in [0, 0.1) is 11.8 Å². The number of carbonyl (C=O) groups excluding carboxylic acids is 1. The predicted molar refractivity (Wildman–Crippen MR) is 87.0 cm³/mol. The van der Waals surface area contributed by atoms with Gasteiger partial charge in [-0.3, -0.25) is 10.1 Å². The zero-order valence-electron chi connectivity index (χ0n) is 14.4. The molecular formula is C17H33N3O. The van der Waals surface area contributed by atoms with Crippen LogP contribution < -0.4 is 5.32 Å². The summed E-state index contributed by atoms with van der Waals surface area (Å²) in [7, 11) is 2.17. The van der Waals surface area contributed by atoms with Gasteiger partial charge in [0.05, 0.1) is 12.2 Å². The van der Waals surface area contributed by atoms with E-state index in [-0.39, 0.29) is 12.2 Å². The fourth-order valence-corrected chi connectivity index (χ4v) is 3.79. The summed E-state index contributed by atoms with van der Waals surface area (Å²) in [6.45, 7) is 11.1. The third kappa shape index (κ3) is 4.19. The number of likely N-dealkylation sites (tertiary alicyclic amines) is 1. The number of rotatable bonds is 5. The molecule has 4 nitrogen and oxygen atoms in total. The van der Waals surface area contributed by atoms with Crippen molar-refractivity contribution in [3.05, 3.63) is 0 Å². The summed E-state index contributed by atoms with van der Waals surface area (Å²) in [4.78, 5) is 17.4. The Hall–Kier alpha value is -0.610. The fraction of sp³-hybridized carbons (Fsp3) is 0.941. The molecule has 0 aromatic carbocycles. The monoisotopic (exact) mass is 295 g/mol. The molecule has 0 radical (unpaired) electrons. The molecule has 2 fully saturated rings. The molecule has 2 rings (SSSR count). The van der Waals surface area contributed by atoms with Crippen molar-refractivity contribution in [2.75, 3.05) is 20.1 Å². The molecular weight excluding hydrogens is 262 g/mol. The van der Waals surface area contributed by atoms with Gasteiger partial charge in [0.1, 0.15) is 0 Å². The van der Waals surface area contributed by atoms with Crippen molar-refractivity contribution in [2.45, 2.75) is 71.6 Å². The average molecular weight is 295 g/mol. The van der Waals surface area contributed by atoms with Crippen molar-refractivity contribution >= 4 is 5.91 Å². The van der Waals surface area contributed by atoms with Gasteiger partial charge < -0.3 is 9.80 Å². The van der Waals surface area contributed by atoms with Gasteiger partial charge in [-0.25, -0.2) is 0 Å². The summed E-state index contributed by atoms with van der Waals surface area (Å²) < 4.78 is 0. The second-order valence-electron chi connectivity index (χ2n) is 7.80. The van der Waals surface area contributed by atoms with Gasteiger partial charge in [-0.2, -0.15) is 0 Å². The highest BCUT2D eigenvalue weighted by Crippen LogP contribution is 2.27. The zero-order chi connectivity index (χ0) is 15.6. The zero-order valence-corrected chi connectivity index (χ0v) is 14.4. The Bertz CT molecular complexity index is 356. The molecule has 2 aliphatic rings. The molecule has 0 bridgehead atoms. The van der Waals surface area contributed by atoms with Crippen LogP contribution in [0.3, 0.4) is 0 Å². The van der Waals surface area contributed by atoms with E-state index in [0.29, 0.717) is 23.8 Å². The van der Waals surface area contributed by atoms with Gasteiger partial charge in [-0.1, -0.05) is 27.7 Å². The molecule has 0 saturated carbocycles. The molecule has 0 spiro atoms. The van der Waals surface area contributed by atoms with Gasteiger partial charge in [0, 0.05) is 12.6 Å². The minimum Gasteiger partial charge on any atom is -0.322 e. The predicted octanol–water partition coefficient (Wildman–Crippen LogP) is 2.30. The van der Waals surface area contributed by atoms with E-state index in [1.165, 1.54) is 6.42 Å². The molecule has 4 heteroatoms. The first-order valence-electron chi connectivity index (χ1n) is 8.65. The first kappa shape index (κ1) is 16.8. The third-order valence-corrected chi connectivity index (χ3v) is 4.68. The fourth-order valence-electron chi connectivity index (χ4n) is 3.79. The largest absolute Gasteiger partial charge is 0.322 e. The molecule has 122 valence electrons. The van der Waals surface area contributed by atoms with E-state index in [1.807, 2.05) is 0 Å². The second kappa shape index (κ2) is 7.10. The second-order valence-corrected chi connectivity index (χ2v) is 7.80. The maximum absolute atomic E-state index is 12.9. The maximum Gasteiger partial charge on any atom is 0.241 e. The van der Waals surface area contributed by atoms with Crippen LogP contribution in [-0.2, 0) is 4.79 Å². The highest BCUT2D eigenvalue weighted by atomic mass is 16.2. The first-order valence-corrected chi connectivity index (χ1v) is 8.65. The molecule has 2 aliphatic heterocycles. The van der Waals surface area contributed by atoms with E-state index < -0.39 is 0 Å². The van der Waals surface area contributed by atoms with E-state index in [9.17, 15) is 4.79 Å². The van der Waals surface area contributed by atoms with Crippen molar-refractivity contribution in [1.82, 2.24) is 15.1 Å². The number of hydrogen-bond donors (Lipinski definition) is 1. The molecule has 1 amide bonds. The van der Waals surface area contributed by atoms with Crippen molar-refractivity contribution in [3.8, 4) is 0 Å². The quantitative estimate of drug-likeness (QED) is 0.845. The number of nitrogens with zero attached hydrogens (tertiary/aromatic N) is 2. The average Bonchev–Trinajstić information content (AvgIpc) is 2.64. The number of piperidine rings is 1. The molecule has 0 aromatic rings. The highest BCUT2D eigenvalue weighted by Gasteiger charge is 2.43. The maximum atomic E-state index is 12.9. The van der Waals surface area contributed by atoms with E-state index in [1.54, 1.807) is 0 Å². The van der Waals surface area contributed by atoms with Crippen molar-refractivity contribution in [1.29, 1.82) is 0 Å². The lowest BCUT2D eigenvalue weighted by atomic mass is 10.0. The lowest BCUT2D eigenvalue weighted by Crippen LogP contribution is -2.52. The topological polar surface area (TPSA) is 35.6 Å². The molecule has 2 saturated heterocycles. The van der Waals surface area contributed by atoms with Crippen LogP contribution in [-0.4, -0.2) is 54.1 Å². The van der Waals surface area contributed by atoms with E-state index in [4.69, 9.17) is 0 Å². The molecule has 0 aliphatic carbocycles. The van der Waals surface area contributed by atoms with Crippen LogP contribution >= 0.6 is 0 Å². The lowest BCUT2D eigenvalue weighted by Gasteiger charge is -2.39. The summed E-state index contributed by atoms with van der Waals surface area (Å²) in [5.74, 6) is 1.51. The number of nitrogens with one attached hydrogen (secondary N) is 1. The van der Waals surface area contributed by atoms with Gasteiger partial charge in [0.2, 0.25) is 5.91 Å². The molecule has 2 heterocycles. The summed E-state index contributed by atoms with van der Waals surface area (Å²) >= 11 is 0. The number of amides is 1. The number of hydrogen-bond acceptors (Lipinski definition) is 3. The van der Waals surface area contributed by atoms with Crippen molar-refractivity contribution in [2.24, 2.45) is 11.8 Å². The Morgan fingerprint density at radius 3 is 2.43 bits per heavy atom. The van der Waals surface area contributed by atoms with E-state index in [2.05, 4.69) is 49.9 Å². The van der Waals surface area contributed by atoms with Gasteiger partial charge >= 0.3 is 0 Å². The van der Waals surface area contributed by atoms with Crippen LogP contribution in [0.4, 0.5) is 0 Å². The van der Waals surface area contributed by atoms with Crippen LogP contribution in [0.2, 0.25) is 0 Å². The van der Waals surface area contributed by atoms with E-state index in [0.717, 1.165) is 32.4 Å². The molecule has 1 N–H and O–H groups in total. The SMILES string of the molecule is CC(C)CC1NC(CC(C)C)N(C2CCCN(C)C2)C1=O. The number of carbonyl (C=O) groups is 1. The molecule has 3 atom stereocenters. The van der Waals surface area contributed by atoms with Crippen LogP contribution in [0.15, 0.2) is 0 Å². The summed E-state index contributed by atoms with van der Waals surface area (Å²) in [5, 5.41) is 3.62. The van der Waals surface area contributed by atoms with Gasteiger partial charge in [0.25, 0.3) is 0 Å². The minimum atomic E-state index is 0.0287. The highest BCUT2D eigenvalue weighted by molar-refractivity contribution is 5.84. The van der Waals surface area contributed by atoms with Crippen LogP contribution in [0.25, 0.3) is 0 Å². The Kier molecular flexibility index (Phi) is 5.67. The van der Waals surface area contributed by atoms with Gasteiger partial charge in [0.15, 0.2) is 0 Å². The molecule has 0 aromatic heterocycles. The standard InChI is InChI=1S/C17H33N3O/c1-12(2)9-15-17(21)20(16(18-15)10-13(3)4)14-7-6-8-19(5)11-14/h12-16,18H,6-11H2,1-5H3. The van der Waals surface area contributed by atoms with Crippen LogP contribution in [0.5, 0.6) is 0 Å². The Morgan fingerprint density at radius 2 is 1.86 bits per heavy atom. The minimum absolute atomic E-state index is 0.0287. The Balaban J connectivity index is 2.11. The molecule has 3 unspecified atom stereocenters. The Labute approximate surface area is 130 Å². The Morgan fingerprint density at radius 1 is 1.19 bits per heavy atom. The third-order valence-electron chi connectivity index (χ3n) is 4.68. The normalized spacial score (nSPS) is 31.7. The van der Waals surface area contributed by atoms with Gasteiger partial charge in [-0.05, 0) is 51.1 Å². The summed E-state index contributed by atoms with van der Waals surface area (Å²) in [6.07, 6.45) is 4.60. The van der Waals surface area contributed by atoms with Crippen LogP contribution in [0.1, 0.15) is 53.4 Å². The summed E-state index contributed by atoms with van der Waals surface area (Å²) in [6, 6.07) is 0.422. The van der Waals surface area contributed by atoms with E-state index >= 15 is 0 Å². The first-order chi connectivity index (χ1) is 9.88. The molecule has 21 heavy (non-hydrogen) atoms. The summed E-state index contributed by atoms with van der Waals surface area (Å²) in [5.41, 5.74) is 0. The van der Waals surface area contributed by atoms with Gasteiger partial charge in [-0.15, -0.1) is 0 Å². The van der Waals surface area contributed by atoms with Crippen molar-refractivity contribution < 1.29 is 4.79 Å². The lowest BCUT2D eigenvalue weighted by molar-refractivity contribution is -0.133.